The van der Waals surface area contributed by atoms with E-state index >= 15 is 0 Å². The lowest BCUT2D eigenvalue weighted by molar-refractivity contribution is -0.125. The summed E-state index contributed by atoms with van der Waals surface area (Å²) in [6.07, 6.45) is 3.81. The highest BCUT2D eigenvalue weighted by Gasteiger charge is 2.27. The van der Waals surface area contributed by atoms with Gasteiger partial charge < -0.3 is 10.1 Å². The van der Waals surface area contributed by atoms with Crippen LogP contribution in [0.1, 0.15) is 18.4 Å². The molecule has 0 spiro atoms. The number of ether oxygens (including phenoxy) is 1. The van der Waals surface area contributed by atoms with Crippen molar-refractivity contribution in [3.63, 3.8) is 0 Å². The fourth-order valence-electron chi connectivity index (χ4n) is 2.62. The normalized spacial score (nSPS) is 24.6. The zero-order chi connectivity index (χ0) is 14.8. The average molecular weight is 309 g/mol. The highest BCUT2D eigenvalue weighted by Crippen LogP contribution is 2.25. The minimum atomic E-state index is -0.190. The van der Waals surface area contributed by atoms with Gasteiger partial charge in [-0.25, -0.2) is 4.98 Å². The number of aromatic nitrogens is 2. The van der Waals surface area contributed by atoms with Crippen LogP contribution in [0.3, 0.4) is 0 Å². The van der Waals surface area contributed by atoms with Gasteiger partial charge in [0.25, 0.3) is 5.56 Å². The number of hydrogen-bond donors (Lipinski definition) is 1. The Balaban J connectivity index is 1.63. The number of nitrogens with zero attached hydrogens (tertiary/aromatic N) is 2. The molecule has 2 aliphatic rings. The monoisotopic (exact) mass is 309 g/mol. The van der Waals surface area contributed by atoms with Gasteiger partial charge in [0.15, 0.2) is 5.16 Å². The molecule has 21 heavy (non-hydrogen) atoms. The maximum atomic E-state index is 12.2. The third-order valence-corrected chi connectivity index (χ3v) is 5.05. The minimum absolute atomic E-state index is 0.00273. The lowest BCUT2D eigenvalue weighted by Gasteiger charge is -2.24. The molecule has 2 unspecified atom stereocenters. The predicted molar refractivity (Wildman–Crippen MR) is 79.4 cm³/mol. The molecule has 0 aromatic carbocycles. The molecule has 114 valence electrons. The molecule has 0 saturated carbocycles. The van der Waals surface area contributed by atoms with Crippen molar-refractivity contribution in [1.82, 2.24) is 14.9 Å². The van der Waals surface area contributed by atoms with E-state index in [2.05, 4.69) is 10.3 Å². The molecule has 2 atom stereocenters. The van der Waals surface area contributed by atoms with E-state index in [1.54, 1.807) is 17.7 Å². The van der Waals surface area contributed by atoms with Crippen molar-refractivity contribution in [2.75, 3.05) is 18.9 Å². The zero-order valence-corrected chi connectivity index (χ0v) is 12.8. The Morgan fingerprint density at radius 1 is 1.62 bits per heavy atom. The molecule has 6 nitrogen and oxygen atoms in total. The molecule has 2 aliphatic heterocycles. The van der Waals surface area contributed by atoms with Crippen LogP contribution in [-0.4, -0.2) is 40.5 Å². The van der Waals surface area contributed by atoms with Crippen LogP contribution in [0.25, 0.3) is 0 Å². The molecule has 0 aliphatic carbocycles. The SMILES string of the molecule is Cc1cnc2n(c1=O)CC(C(=O)NCC1CCCO1)CS2. The smallest absolute Gasteiger partial charge is 0.257 e. The number of hydrogen-bond acceptors (Lipinski definition) is 5. The molecular formula is C14H19N3O3S. The molecule has 0 radical (unpaired) electrons. The van der Waals surface area contributed by atoms with Crippen LogP contribution >= 0.6 is 11.8 Å². The van der Waals surface area contributed by atoms with Gasteiger partial charge >= 0.3 is 0 Å². The van der Waals surface area contributed by atoms with Crippen molar-refractivity contribution < 1.29 is 9.53 Å². The van der Waals surface area contributed by atoms with E-state index in [4.69, 9.17) is 4.74 Å². The largest absolute Gasteiger partial charge is 0.376 e. The predicted octanol–water partition coefficient (Wildman–Crippen LogP) is 0.569. The average Bonchev–Trinajstić information content (AvgIpc) is 3.02. The third kappa shape index (κ3) is 3.13. The first-order valence-electron chi connectivity index (χ1n) is 7.23. The highest BCUT2D eigenvalue weighted by molar-refractivity contribution is 7.99. The molecule has 1 amide bonds. The van der Waals surface area contributed by atoms with Crippen LogP contribution in [0.5, 0.6) is 0 Å². The zero-order valence-electron chi connectivity index (χ0n) is 12.0. The van der Waals surface area contributed by atoms with Crippen molar-refractivity contribution >= 4 is 17.7 Å². The van der Waals surface area contributed by atoms with Crippen molar-refractivity contribution in [3.05, 3.63) is 22.1 Å². The third-order valence-electron chi connectivity index (χ3n) is 3.90. The summed E-state index contributed by atoms with van der Waals surface area (Å²) in [6.45, 7) is 3.50. The summed E-state index contributed by atoms with van der Waals surface area (Å²) in [5, 5.41) is 3.65. The number of thioether (sulfide) groups is 1. The van der Waals surface area contributed by atoms with E-state index in [9.17, 15) is 9.59 Å². The van der Waals surface area contributed by atoms with Gasteiger partial charge in [0, 0.05) is 37.2 Å². The van der Waals surface area contributed by atoms with E-state index in [1.165, 1.54) is 11.8 Å². The van der Waals surface area contributed by atoms with Crippen LogP contribution in [0.2, 0.25) is 0 Å². The van der Waals surface area contributed by atoms with Crippen LogP contribution in [0.15, 0.2) is 16.1 Å². The van der Waals surface area contributed by atoms with Gasteiger partial charge in [-0.15, -0.1) is 0 Å². The summed E-state index contributed by atoms with van der Waals surface area (Å²) in [7, 11) is 0. The van der Waals surface area contributed by atoms with Gasteiger partial charge in [0.1, 0.15) is 0 Å². The maximum absolute atomic E-state index is 12.2. The Morgan fingerprint density at radius 2 is 2.48 bits per heavy atom. The molecule has 1 aromatic rings. The van der Waals surface area contributed by atoms with Gasteiger partial charge in [-0.05, 0) is 19.8 Å². The van der Waals surface area contributed by atoms with E-state index in [1.807, 2.05) is 0 Å². The molecule has 1 N–H and O–H groups in total. The van der Waals surface area contributed by atoms with Crippen molar-refractivity contribution in [2.45, 2.75) is 37.6 Å². The summed E-state index contributed by atoms with van der Waals surface area (Å²) in [6, 6.07) is 0. The number of fused-ring (bicyclic) bond motifs is 1. The summed E-state index contributed by atoms with van der Waals surface area (Å²) >= 11 is 1.47. The summed E-state index contributed by atoms with van der Waals surface area (Å²) in [4.78, 5) is 28.6. The Morgan fingerprint density at radius 3 is 3.24 bits per heavy atom. The molecule has 1 fully saturated rings. The Bertz CT molecular complexity index is 596. The Kier molecular flexibility index (Phi) is 4.30. The molecule has 3 rings (SSSR count). The molecule has 0 bridgehead atoms. The summed E-state index contributed by atoms with van der Waals surface area (Å²) in [5.74, 6) is 0.467. The fourth-order valence-corrected chi connectivity index (χ4v) is 3.67. The quantitative estimate of drug-likeness (QED) is 0.826. The first-order chi connectivity index (χ1) is 10.1. The lowest BCUT2D eigenvalue weighted by Crippen LogP contribution is -2.42. The molecular weight excluding hydrogens is 290 g/mol. The molecule has 7 heteroatoms. The second kappa shape index (κ2) is 6.19. The Hall–Kier alpha value is -1.34. The molecule has 1 aromatic heterocycles. The summed E-state index contributed by atoms with van der Waals surface area (Å²) < 4.78 is 7.11. The second-order valence-electron chi connectivity index (χ2n) is 5.53. The molecule has 3 heterocycles. The number of carbonyl (C=O) groups is 1. The van der Waals surface area contributed by atoms with Crippen molar-refractivity contribution in [3.8, 4) is 0 Å². The standard InChI is InChI=1S/C14H19N3O3S/c1-9-5-16-14-17(13(9)19)7-10(8-21-14)12(18)15-6-11-3-2-4-20-11/h5,10-11H,2-4,6-8H2,1H3,(H,15,18). The van der Waals surface area contributed by atoms with Gasteiger partial charge in [0.05, 0.1) is 12.0 Å². The first-order valence-corrected chi connectivity index (χ1v) is 8.22. The fraction of sp³-hybridized carbons (Fsp3) is 0.643. The highest BCUT2D eigenvalue weighted by atomic mass is 32.2. The van der Waals surface area contributed by atoms with E-state index in [0.29, 0.717) is 29.6 Å². The number of rotatable bonds is 3. The number of nitrogens with one attached hydrogen (secondary N) is 1. The van der Waals surface area contributed by atoms with E-state index in [-0.39, 0.29) is 23.5 Å². The lowest BCUT2D eigenvalue weighted by atomic mass is 10.1. The Labute approximate surface area is 127 Å². The minimum Gasteiger partial charge on any atom is -0.376 e. The topological polar surface area (TPSA) is 73.2 Å². The maximum Gasteiger partial charge on any atom is 0.257 e. The van der Waals surface area contributed by atoms with Gasteiger partial charge in [-0.3, -0.25) is 14.2 Å². The summed E-state index contributed by atoms with van der Waals surface area (Å²) in [5.41, 5.74) is 0.559. The van der Waals surface area contributed by atoms with Gasteiger partial charge in [0.2, 0.25) is 5.91 Å². The van der Waals surface area contributed by atoms with Gasteiger partial charge in [-0.1, -0.05) is 11.8 Å². The number of amides is 1. The molecule has 1 saturated heterocycles. The second-order valence-corrected chi connectivity index (χ2v) is 6.51. The number of aryl methyl sites for hydroxylation is 1. The van der Waals surface area contributed by atoms with Gasteiger partial charge in [-0.2, -0.15) is 0 Å². The first kappa shape index (κ1) is 14.6. The van der Waals surface area contributed by atoms with Crippen molar-refractivity contribution in [1.29, 1.82) is 0 Å². The van der Waals surface area contributed by atoms with Crippen molar-refractivity contribution in [2.24, 2.45) is 5.92 Å². The van der Waals surface area contributed by atoms with Crippen LogP contribution < -0.4 is 10.9 Å². The number of carbonyl (C=O) groups excluding carboxylic acids is 1. The van der Waals surface area contributed by atoms with Crippen LogP contribution in [-0.2, 0) is 16.1 Å². The van der Waals surface area contributed by atoms with E-state index in [0.717, 1.165) is 19.4 Å². The van der Waals surface area contributed by atoms with Crippen LogP contribution in [0.4, 0.5) is 0 Å². The van der Waals surface area contributed by atoms with Crippen LogP contribution in [0, 0.1) is 12.8 Å². The van der Waals surface area contributed by atoms with E-state index < -0.39 is 0 Å².